The summed E-state index contributed by atoms with van der Waals surface area (Å²) >= 11 is 0. The van der Waals surface area contributed by atoms with E-state index in [0.29, 0.717) is 12.6 Å². The SMILES string of the molecule is CN(CCN)C1CCCCCC1O. The lowest BCUT2D eigenvalue weighted by atomic mass is 10.0. The van der Waals surface area contributed by atoms with Crippen molar-refractivity contribution in [1.82, 2.24) is 4.90 Å². The van der Waals surface area contributed by atoms with Crippen LogP contribution in [0.25, 0.3) is 0 Å². The Labute approximate surface area is 80.9 Å². The molecule has 1 fully saturated rings. The van der Waals surface area contributed by atoms with Crippen molar-refractivity contribution in [3.8, 4) is 0 Å². The third-order valence-electron chi connectivity index (χ3n) is 2.99. The Kier molecular flexibility index (Phi) is 4.70. The van der Waals surface area contributed by atoms with Gasteiger partial charge in [0.05, 0.1) is 6.10 Å². The van der Waals surface area contributed by atoms with Crippen LogP contribution in [0.3, 0.4) is 0 Å². The number of nitrogens with two attached hydrogens (primary N) is 1. The third kappa shape index (κ3) is 3.25. The molecule has 0 aromatic heterocycles. The summed E-state index contributed by atoms with van der Waals surface area (Å²) in [6.45, 7) is 1.57. The van der Waals surface area contributed by atoms with Gasteiger partial charge in [-0.2, -0.15) is 0 Å². The average Bonchev–Trinajstić information content (AvgIpc) is 2.30. The van der Waals surface area contributed by atoms with E-state index in [1.807, 2.05) is 0 Å². The standard InChI is InChI=1S/C10H22N2O/c1-12(8-7-11)9-5-3-2-4-6-10(9)13/h9-10,13H,2-8,11H2,1H3. The quantitative estimate of drug-likeness (QED) is 0.634. The van der Waals surface area contributed by atoms with Crippen molar-refractivity contribution in [2.24, 2.45) is 5.73 Å². The molecule has 13 heavy (non-hydrogen) atoms. The smallest absolute Gasteiger partial charge is 0.0695 e. The predicted molar refractivity (Wildman–Crippen MR) is 54.6 cm³/mol. The Bertz CT molecular complexity index is 141. The van der Waals surface area contributed by atoms with Crippen molar-refractivity contribution < 1.29 is 5.11 Å². The molecule has 2 atom stereocenters. The molecule has 1 aliphatic carbocycles. The molecule has 3 N–H and O–H groups in total. The van der Waals surface area contributed by atoms with Crippen molar-refractivity contribution >= 4 is 0 Å². The summed E-state index contributed by atoms with van der Waals surface area (Å²) in [4.78, 5) is 2.20. The fourth-order valence-electron chi connectivity index (χ4n) is 2.15. The number of rotatable bonds is 3. The highest BCUT2D eigenvalue weighted by atomic mass is 16.3. The van der Waals surface area contributed by atoms with Gasteiger partial charge in [0.25, 0.3) is 0 Å². The number of aliphatic hydroxyl groups is 1. The topological polar surface area (TPSA) is 49.5 Å². The first-order valence-electron chi connectivity index (χ1n) is 5.34. The molecule has 2 unspecified atom stereocenters. The summed E-state index contributed by atoms with van der Waals surface area (Å²) < 4.78 is 0. The van der Waals surface area contributed by atoms with Gasteiger partial charge in [-0.3, -0.25) is 4.90 Å². The molecule has 1 aliphatic rings. The van der Waals surface area contributed by atoms with Crippen molar-refractivity contribution in [3.05, 3.63) is 0 Å². The Hall–Kier alpha value is -0.120. The Morgan fingerprint density at radius 1 is 1.31 bits per heavy atom. The number of aliphatic hydroxyl groups excluding tert-OH is 1. The van der Waals surface area contributed by atoms with Gasteiger partial charge in [0.1, 0.15) is 0 Å². The van der Waals surface area contributed by atoms with Crippen LogP contribution in [0, 0.1) is 0 Å². The first-order chi connectivity index (χ1) is 6.25. The van der Waals surface area contributed by atoms with Crippen LogP contribution in [-0.4, -0.2) is 42.3 Å². The van der Waals surface area contributed by atoms with Gasteiger partial charge in [0.2, 0.25) is 0 Å². The highest BCUT2D eigenvalue weighted by Crippen LogP contribution is 2.21. The minimum absolute atomic E-state index is 0.140. The summed E-state index contributed by atoms with van der Waals surface area (Å²) in [5.41, 5.74) is 5.50. The molecular weight excluding hydrogens is 164 g/mol. The molecule has 1 saturated carbocycles. The summed E-state index contributed by atoms with van der Waals surface area (Å²) in [6.07, 6.45) is 5.63. The maximum Gasteiger partial charge on any atom is 0.0695 e. The molecule has 3 heteroatoms. The highest BCUT2D eigenvalue weighted by molar-refractivity contribution is 4.80. The fraction of sp³-hybridized carbons (Fsp3) is 1.00. The average molecular weight is 186 g/mol. The lowest BCUT2D eigenvalue weighted by Gasteiger charge is -2.30. The molecule has 0 spiro atoms. The fourth-order valence-corrected chi connectivity index (χ4v) is 2.15. The van der Waals surface area contributed by atoms with E-state index in [1.54, 1.807) is 0 Å². The molecule has 0 aromatic carbocycles. The predicted octanol–water partition coefficient (Wildman–Crippen LogP) is 0.570. The van der Waals surface area contributed by atoms with Gasteiger partial charge in [-0.1, -0.05) is 19.3 Å². The Morgan fingerprint density at radius 2 is 2.00 bits per heavy atom. The van der Waals surface area contributed by atoms with Gasteiger partial charge in [-0.15, -0.1) is 0 Å². The van der Waals surface area contributed by atoms with Crippen LogP contribution < -0.4 is 5.73 Å². The number of hydrogen-bond acceptors (Lipinski definition) is 3. The number of likely N-dealkylation sites (N-methyl/N-ethyl adjacent to an activating group) is 1. The minimum atomic E-state index is -0.140. The molecule has 0 amide bonds. The van der Waals surface area contributed by atoms with Gasteiger partial charge >= 0.3 is 0 Å². The monoisotopic (exact) mass is 186 g/mol. The molecule has 0 saturated heterocycles. The Morgan fingerprint density at radius 3 is 2.69 bits per heavy atom. The van der Waals surface area contributed by atoms with E-state index in [9.17, 15) is 5.11 Å². The Balaban J connectivity index is 2.43. The maximum atomic E-state index is 9.86. The van der Waals surface area contributed by atoms with E-state index in [2.05, 4.69) is 11.9 Å². The lowest BCUT2D eigenvalue weighted by Crippen LogP contribution is -2.42. The molecule has 1 rings (SSSR count). The van der Waals surface area contributed by atoms with E-state index in [4.69, 9.17) is 5.73 Å². The van der Waals surface area contributed by atoms with Gasteiger partial charge in [0, 0.05) is 19.1 Å². The number of nitrogens with zero attached hydrogens (tertiary/aromatic N) is 1. The summed E-state index contributed by atoms with van der Waals surface area (Å²) in [5.74, 6) is 0. The van der Waals surface area contributed by atoms with Crippen LogP contribution in [0.4, 0.5) is 0 Å². The zero-order chi connectivity index (χ0) is 9.68. The zero-order valence-corrected chi connectivity index (χ0v) is 8.58. The highest BCUT2D eigenvalue weighted by Gasteiger charge is 2.24. The van der Waals surface area contributed by atoms with Gasteiger partial charge in [0.15, 0.2) is 0 Å². The van der Waals surface area contributed by atoms with E-state index in [-0.39, 0.29) is 6.10 Å². The first-order valence-corrected chi connectivity index (χ1v) is 5.34. The largest absolute Gasteiger partial charge is 0.391 e. The molecule has 78 valence electrons. The van der Waals surface area contributed by atoms with Crippen LogP contribution in [0.2, 0.25) is 0 Å². The summed E-state index contributed by atoms with van der Waals surface area (Å²) in [7, 11) is 2.06. The minimum Gasteiger partial charge on any atom is -0.391 e. The second-order valence-electron chi connectivity index (χ2n) is 4.04. The van der Waals surface area contributed by atoms with E-state index in [0.717, 1.165) is 19.4 Å². The van der Waals surface area contributed by atoms with Crippen molar-refractivity contribution in [1.29, 1.82) is 0 Å². The maximum absolute atomic E-state index is 9.86. The van der Waals surface area contributed by atoms with Crippen LogP contribution >= 0.6 is 0 Å². The molecular formula is C10H22N2O. The first kappa shape index (κ1) is 11.0. The molecule has 3 nitrogen and oxygen atoms in total. The van der Waals surface area contributed by atoms with E-state index < -0.39 is 0 Å². The lowest BCUT2D eigenvalue weighted by molar-refractivity contribution is 0.0596. The second-order valence-corrected chi connectivity index (χ2v) is 4.04. The van der Waals surface area contributed by atoms with Crippen LogP contribution in [0.5, 0.6) is 0 Å². The molecule has 0 bridgehead atoms. The number of hydrogen-bond donors (Lipinski definition) is 2. The van der Waals surface area contributed by atoms with Crippen molar-refractivity contribution in [3.63, 3.8) is 0 Å². The summed E-state index contributed by atoms with van der Waals surface area (Å²) in [6, 6.07) is 0.339. The van der Waals surface area contributed by atoms with Crippen molar-refractivity contribution in [2.45, 2.75) is 44.2 Å². The molecule has 0 radical (unpaired) electrons. The van der Waals surface area contributed by atoms with E-state index in [1.165, 1.54) is 19.3 Å². The normalized spacial score (nSPS) is 30.5. The molecule has 0 aromatic rings. The van der Waals surface area contributed by atoms with Gasteiger partial charge < -0.3 is 10.8 Å². The van der Waals surface area contributed by atoms with Crippen LogP contribution in [0.15, 0.2) is 0 Å². The van der Waals surface area contributed by atoms with Gasteiger partial charge in [-0.05, 0) is 19.9 Å². The molecule has 0 aliphatic heterocycles. The summed E-state index contributed by atoms with van der Waals surface area (Å²) in [5, 5.41) is 9.86. The molecule has 0 heterocycles. The zero-order valence-electron chi connectivity index (χ0n) is 8.58. The third-order valence-corrected chi connectivity index (χ3v) is 2.99. The van der Waals surface area contributed by atoms with Crippen molar-refractivity contribution in [2.75, 3.05) is 20.1 Å². The van der Waals surface area contributed by atoms with Crippen LogP contribution in [0.1, 0.15) is 32.1 Å². The second kappa shape index (κ2) is 5.58. The van der Waals surface area contributed by atoms with E-state index >= 15 is 0 Å². The van der Waals surface area contributed by atoms with Crippen LogP contribution in [-0.2, 0) is 0 Å². The van der Waals surface area contributed by atoms with Gasteiger partial charge in [-0.25, -0.2) is 0 Å².